The van der Waals surface area contributed by atoms with Crippen LogP contribution in [0.2, 0.25) is 0 Å². The molecule has 1 aliphatic rings. The van der Waals surface area contributed by atoms with Crippen molar-refractivity contribution in [2.75, 3.05) is 13.1 Å². The van der Waals surface area contributed by atoms with E-state index < -0.39 is 0 Å². The Hall–Kier alpha value is -1.06. The topological polar surface area (TPSA) is 76.2 Å². The summed E-state index contributed by atoms with van der Waals surface area (Å²) in [6.07, 6.45) is 6.29. The first-order valence-electron chi connectivity index (χ1n) is 10.2. The van der Waals surface area contributed by atoms with E-state index in [-0.39, 0.29) is 29.7 Å². The van der Waals surface area contributed by atoms with Gasteiger partial charge in [-0.2, -0.15) is 5.10 Å². The lowest BCUT2D eigenvalue weighted by Gasteiger charge is -2.18. The number of halogens is 1. The molecule has 0 aromatic carbocycles. The Labute approximate surface area is 180 Å². The zero-order valence-corrected chi connectivity index (χ0v) is 19.7. The molecule has 0 spiro atoms. The van der Waals surface area contributed by atoms with Crippen molar-refractivity contribution in [3.8, 4) is 0 Å². The van der Waals surface area contributed by atoms with Gasteiger partial charge in [0.15, 0.2) is 5.96 Å². The summed E-state index contributed by atoms with van der Waals surface area (Å²) in [5, 5.41) is 11.3. The summed E-state index contributed by atoms with van der Waals surface area (Å²) >= 11 is 0. The Morgan fingerprint density at radius 1 is 1.26 bits per heavy atom. The van der Waals surface area contributed by atoms with Gasteiger partial charge in [0.05, 0.1) is 0 Å². The van der Waals surface area contributed by atoms with Crippen LogP contribution in [0.1, 0.15) is 65.6 Å². The molecule has 1 aliphatic heterocycles. The molecule has 0 aliphatic carbocycles. The van der Waals surface area contributed by atoms with Gasteiger partial charge in [0.2, 0.25) is 0 Å². The van der Waals surface area contributed by atoms with Crippen LogP contribution in [0.3, 0.4) is 0 Å². The average Bonchev–Trinajstić information content (AvgIpc) is 2.93. The van der Waals surface area contributed by atoms with Crippen molar-refractivity contribution in [1.29, 1.82) is 0 Å². The largest absolute Gasteiger partial charge is 0.357 e. The molecule has 0 saturated heterocycles. The molecule has 27 heavy (non-hydrogen) atoms. The van der Waals surface area contributed by atoms with Crippen LogP contribution in [0, 0.1) is 5.92 Å². The number of nitrogens with zero attached hydrogens (tertiary/aromatic N) is 4. The summed E-state index contributed by atoms with van der Waals surface area (Å²) in [5.74, 6) is 2.52. The van der Waals surface area contributed by atoms with Crippen molar-refractivity contribution in [1.82, 2.24) is 25.0 Å². The Balaban J connectivity index is 0.00000364. The summed E-state index contributed by atoms with van der Waals surface area (Å²) in [4.78, 5) is 17.0. The molecule has 0 bridgehead atoms. The molecule has 0 amide bonds. The van der Waals surface area contributed by atoms with E-state index in [1.165, 1.54) is 6.42 Å². The highest BCUT2D eigenvalue weighted by atomic mass is 127. The van der Waals surface area contributed by atoms with E-state index in [0.717, 1.165) is 62.9 Å². The SMILES string of the molecule is CCNC(=NCCCn1nc2n(c1=O)CCCC2)NC(C)CCC(C)C.I. The van der Waals surface area contributed by atoms with Crippen LogP contribution in [-0.2, 0) is 19.5 Å². The Morgan fingerprint density at radius 2 is 2.04 bits per heavy atom. The minimum Gasteiger partial charge on any atom is -0.357 e. The fraction of sp³-hybridized carbons (Fsp3) is 0.842. The fourth-order valence-electron chi connectivity index (χ4n) is 3.21. The van der Waals surface area contributed by atoms with Gasteiger partial charge in [0.1, 0.15) is 5.82 Å². The number of hydrogen-bond acceptors (Lipinski definition) is 3. The van der Waals surface area contributed by atoms with Crippen LogP contribution in [0.5, 0.6) is 0 Å². The molecule has 2 rings (SSSR count). The number of rotatable bonds is 9. The van der Waals surface area contributed by atoms with Gasteiger partial charge in [-0.25, -0.2) is 9.48 Å². The van der Waals surface area contributed by atoms with Crippen LogP contribution < -0.4 is 16.3 Å². The van der Waals surface area contributed by atoms with Crippen LogP contribution in [0.15, 0.2) is 9.79 Å². The number of fused-ring (bicyclic) bond motifs is 1. The third kappa shape index (κ3) is 7.83. The standard InChI is InChI=1S/C19H36N6O.HI/c1-5-20-18(22-16(4)11-10-15(2)3)21-12-8-14-25-19(26)24-13-7-6-9-17(24)23-25;/h15-16H,5-14H2,1-4H3,(H2,20,21,22);1H. The van der Waals surface area contributed by atoms with Crippen LogP contribution >= 0.6 is 24.0 Å². The van der Waals surface area contributed by atoms with Crippen molar-refractivity contribution < 1.29 is 0 Å². The number of guanidine groups is 1. The second kappa shape index (κ2) is 12.4. The molecule has 0 saturated carbocycles. The van der Waals surface area contributed by atoms with E-state index in [1.54, 1.807) is 4.68 Å². The number of aromatic nitrogens is 3. The van der Waals surface area contributed by atoms with Crippen LogP contribution in [0.25, 0.3) is 0 Å². The second-order valence-corrected chi connectivity index (χ2v) is 7.66. The van der Waals surface area contributed by atoms with Crippen molar-refractivity contribution in [2.24, 2.45) is 10.9 Å². The molecule has 1 unspecified atom stereocenters. The lowest BCUT2D eigenvalue weighted by Crippen LogP contribution is -2.42. The van der Waals surface area contributed by atoms with Gasteiger partial charge in [-0.05, 0) is 51.9 Å². The van der Waals surface area contributed by atoms with Gasteiger partial charge in [-0.15, -0.1) is 24.0 Å². The van der Waals surface area contributed by atoms with E-state index in [4.69, 9.17) is 0 Å². The molecule has 2 N–H and O–H groups in total. The third-order valence-corrected chi connectivity index (χ3v) is 4.73. The third-order valence-electron chi connectivity index (χ3n) is 4.73. The fourth-order valence-corrected chi connectivity index (χ4v) is 3.21. The maximum Gasteiger partial charge on any atom is 0.345 e. The van der Waals surface area contributed by atoms with Crippen molar-refractivity contribution in [3.63, 3.8) is 0 Å². The number of aryl methyl sites for hydroxylation is 2. The van der Waals surface area contributed by atoms with Gasteiger partial charge >= 0.3 is 5.69 Å². The highest BCUT2D eigenvalue weighted by molar-refractivity contribution is 14.0. The summed E-state index contributed by atoms with van der Waals surface area (Å²) in [6, 6.07) is 0.401. The van der Waals surface area contributed by atoms with E-state index in [9.17, 15) is 4.79 Å². The molecule has 0 fully saturated rings. The van der Waals surface area contributed by atoms with Crippen molar-refractivity contribution in [3.05, 3.63) is 16.3 Å². The molecule has 1 aromatic heterocycles. The average molecular weight is 492 g/mol. The predicted molar refractivity (Wildman–Crippen MR) is 122 cm³/mol. The molecular weight excluding hydrogens is 455 g/mol. The quantitative estimate of drug-likeness (QED) is 0.241. The first-order chi connectivity index (χ1) is 12.5. The normalized spacial score (nSPS) is 15.2. The molecule has 2 heterocycles. The number of hydrogen-bond donors (Lipinski definition) is 2. The molecule has 156 valence electrons. The Morgan fingerprint density at radius 3 is 2.70 bits per heavy atom. The summed E-state index contributed by atoms with van der Waals surface area (Å²) in [5.41, 5.74) is 0.0380. The van der Waals surface area contributed by atoms with E-state index in [1.807, 2.05) is 4.57 Å². The van der Waals surface area contributed by atoms with E-state index >= 15 is 0 Å². The van der Waals surface area contributed by atoms with Crippen molar-refractivity contribution in [2.45, 2.75) is 85.4 Å². The second-order valence-electron chi connectivity index (χ2n) is 7.66. The number of aliphatic imine (C=N–C) groups is 1. The van der Waals surface area contributed by atoms with Crippen molar-refractivity contribution >= 4 is 29.9 Å². The maximum absolute atomic E-state index is 12.3. The maximum atomic E-state index is 12.3. The summed E-state index contributed by atoms with van der Waals surface area (Å²) in [6.45, 7) is 11.7. The zero-order chi connectivity index (χ0) is 18.9. The van der Waals surface area contributed by atoms with Gasteiger partial charge in [-0.1, -0.05) is 13.8 Å². The minimum atomic E-state index is 0. The van der Waals surface area contributed by atoms with Crippen LogP contribution in [-0.4, -0.2) is 39.4 Å². The highest BCUT2D eigenvalue weighted by Gasteiger charge is 2.16. The molecular formula is C19H37IN6O. The molecule has 1 atom stereocenters. The zero-order valence-electron chi connectivity index (χ0n) is 17.3. The Bertz CT molecular complexity index is 637. The van der Waals surface area contributed by atoms with E-state index in [2.05, 4.69) is 48.4 Å². The predicted octanol–water partition coefficient (Wildman–Crippen LogP) is 2.77. The molecule has 8 heteroatoms. The first-order valence-corrected chi connectivity index (χ1v) is 10.2. The van der Waals surface area contributed by atoms with Gasteiger partial charge in [-0.3, -0.25) is 9.56 Å². The van der Waals surface area contributed by atoms with Gasteiger partial charge in [0.25, 0.3) is 0 Å². The summed E-state index contributed by atoms with van der Waals surface area (Å²) < 4.78 is 3.44. The number of nitrogens with one attached hydrogen (secondary N) is 2. The van der Waals surface area contributed by atoms with Gasteiger partial charge < -0.3 is 10.6 Å². The minimum absolute atomic E-state index is 0. The lowest BCUT2D eigenvalue weighted by atomic mass is 10.0. The smallest absolute Gasteiger partial charge is 0.345 e. The molecule has 7 nitrogen and oxygen atoms in total. The van der Waals surface area contributed by atoms with E-state index in [0.29, 0.717) is 19.1 Å². The lowest BCUT2D eigenvalue weighted by molar-refractivity contribution is 0.488. The van der Waals surface area contributed by atoms with Crippen LogP contribution in [0.4, 0.5) is 0 Å². The Kier molecular flexibility index (Phi) is 11.0. The molecule has 1 aromatic rings. The summed E-state index contributed by atoms with van der Waals surface area (Å²) in [7, 11) is 0. The highest BCUT2D eigenvalue weighted by Crippen LogP contribution is 2.09. The monoisotopic (exact) mass is 492 g/mol. The molecule has 0 radical (unpaired) electrons. The van der Waals surface area contributed by atoms with Gasteiger partial charge in [0, 0.05) is 38.6 Å². The first kappa shape index (κ1) is 24.0.